The van der Waals surface area contributed by atoms with Gasteiger partial charge in [0.15, 0.2) is 0 Å². The summed E-state index contributed by atoms with van der Waals surface area (Å²) in [4.78, 5) is 14.4. The van der Waals surface area contributed by atoms with Gasteiger partial charge in [-0.3, -0.25) is 4.79 Å². The van der Waals surface area contributed by atoms with Crippen LogP contribution in [0.1, 0.15) is 34.6 Å². The molecule has 1 atom stereocenters. The van der Waals surface area contributed by atoms with Crippen LogP contribution in [0.3, 0.4) is 0 Å². The minimum atomic E-state index is -1.19. The number of thiophene rings is 2. The zero-order valence-electron chi connectivity index (χ0n) is 14.0. The monoisotopic (exact) mass is 371 g/mol. The Hall–Kier alpha value is -1.95. The molecule has 1 amide bonds. The number of carbonyl (C=O) groups excluding carboxylic acids is 1. The summed E-state index contributed by atoms with van der Waals surface area (Å²) in [6, 6.07) is 17.4. The van der Waals surface area contributed by atoms with Crippen molar-refractivity contribution in [3.05, 3.63) is 80.7 Å². The van der Waals surface area contributed by atoms with Crippen LogP contribution in [0, 0.1) is 0 Å². The Balaban J connectivity index is 1.79. The molecule has 0 saturated carbocycles. The van der Waals surface area contributed by atoms with E-state index < -0.39 is 5.60 Å². The van der Waals surface area contributed by atoms with Gasteiger partial charge in [0.05, 0.1) is 12.5 Å². The standard InChI is InChI=1S/C20H21NO2S2/c1-2-16(15-8-4-3-5-9-15)19(22)21-14-20(23,17-10-6-12-24-17)18-11-7-13-25-18/h3-13,16,23H,2,14H2,1H3,(H,21,22). The summed E-state index contributed by atoms with van der Waals surface area (Å²) in [6.07, 6.45) is 0.715. The Morgan fingerprint density at radius 2 is 1.64 bits per heavy atom. The third kappa shape index (κ3) is 3.84. The third-order valence-electron chi connectivity index (χ3n) is 4.30. The van der Waals surface area contributed by atoms with Gasteiger partial charge in [-0.1, -0.05) is 49.4 Å². The Labute approximate surface area is 156 Å². The minimum absolute atomic E-state index is 0.0553. The quantitative estimate of drug-likeness (QED) is 0.648. The fraction of sp³-hybridized carbons (Fsp3) is 0.250. The number of amides is 1. The Kier molecular flexibility index (Phi) is 5.68. The molecule has 0 spiro atoms. The first-order valence-electron chi connectivity index (χ1n) is 8.28. The van der Waals surface area contributed by atoms with Crippen LogP contribution in [-0.2, 0) is 10.4 Å². The molecule has 3 rings (SSSR count). The molecule has 3 aromatic rings. The molecule has 1 aromatic carbocycles. The van der Waals surface area contributed by atoms with Gasteiger partial charge in [0.25, 0.3) is 0 Å². The molecule has 0 aliphatic heterocycles. The molecule has 3 nitrogen and oxygen atoms in total. The first-order chi connectivity index (χ1) is 12.1. The molecule has 5 heteroatoms. The zero-order chi connectivity index (χ0) is 17.7. The summed E-state index contributed by atoms with van der Waals surface area (Å²) < 4.78 is 0. The van der Waals surface area contributed by atoms with Crippen LogP contribution in [0.2, 0.25) is 0 Å². The molecule has 0 bridgehead atoms. The zero-order valence-corrected chi connectivity index (χ0v) is 15.6. The van der Waals surface area contributed by atoms with E-state index in [0.717, 1.165) is 15.3 Å². The summed E-state index contributed by atoms with van der Waals surface area (Å²) in [5.74, 6) is -0.266. The number of benzene rings is 1. The highest BCUT2D eigenvalue weighted by Gasteiger charge is 2.35. The maximum absolute atomic E-state index is 12.7. The molecule has 2 heterocycles. The topological polar surface area (TPSA) is 49.3 Å². The molecule has 130 valence electrons. The van der Waals surface area contributed by atoms with Gasteiger partial charge >= 0.3 is 0 Å². The van der Waals surface area contributed by atoms with E-state index in [-0.39, 0.29) is 18.4 Å². The molecule has 2 N–H and O–H groups in total. The molecular weight excluding hydrogens is 350 g/mol. The lowest BCUT2D eigenvalue weighted by Crippen LogP contribution is -2.42. The highest BCUT2D eigenvalue weighted by Crippen LogP contribution is 2.35. The second kappa shape index (κ2) is 7.95. The number of carbonyl (C=O) groups is 1. The fourth-order valence-corrected chi connectivity index (χ4v) is 4.66. The van der Waals surface area contributed by atoms with E-state index >= 15 is 0 Å². The number of hydrogen-bond donors (Lipinski definition) is 2. The second-order valence-corrected chi connectivity index (χ2v) is 7.80. The Morgan fingerprint density at radius 1 is 1.04 bits per heavy atom. The lowest BCUT2D eigenvalue weighted by Gasteiger charge is -2.27. The van der Waals surface area contributed by atoms with Crippen molar-refractivity contribution in [3.63, 3.8) is 0 Å². The molecule has 2 aromatic heterocycles. The van der Waals surface area contributed by atoms with Crippen molar-refractivity contribution < 1.29 is 9.90 Å². The van der Waals surface area contributed by atoms with Crippen molar-refractivity contribution in [1.82, 2.24) is 5.32 Å². The number of aliphatic hydroxyl groups is 1. The van der Waals surface area contributed by atoms with E-state index in [9.17, 15) is 9.90 Å². The van der Waals surface area contributed by atoms with Crippen LogP contribution >= 0.6 is 22.7 Å². The SMILES string of the molecule is CCC(C(=O)NCC(O)(c1cccs1)c1cccs1)c1ccccc1. The highest BCUT2D eigenvalue weighted by molar-refractivity contribution is 7.11. The molecule has 25 heavy (non-hydrogen) atoms. The van der Waals surface area contributed by atoms with Crippen LogP contribution in [0.4, 0.5) is 0 Å². The van der Waals surface area contributed by atoms with E-state index in [4.69, 9.17) is 0 Å². The first-order valence-corrected chi connectivity index (χ1v) is 10.0. The summed E-state index contributed by atoms with van der Waals surface area (Å²) in [7, 11) is 0. The van der Waals surface area contributed by atoms with Crippen molar-refractivity contribution in [2.75, 3.05) is 6.54 Å². The van der Waals surface area contributed by atoms with Crippen molar-refractivity contribution in [1.29, 1.82) is 0 Å². The molecule has 0 fully saturated rings. The van der Waals surface area contributed by atoms with Crippen molar-refractivity contribution in [3.8, 4) is 0 Å². The van der Waals surface area contributed by atoms with Gasteiger partial charge < -0.3 is 10.4 Å². The molecule has 1 unspecified atom stereocenters. The summed E-state index contributed by atoms with van der Waals surface area (Å²) >= 11 is 2.99. The van der Waals surface area contributed by atoms with Crippen LogP contribution in [-0.4, -0.2) is 17.6 Å². The fourth-order valence-electron chi connectivity index (χ4n) is 2.92. The normalized spacial score (nSPS) is 12.7. The van der Waals surface area contributed by atoms with E-state index in [0.29, 0.717) is 6.42 Å². The van der Waals surface area contributed by atoms with E-state index in [2.05, 4.69) is 5.32 Å². The van der Waals surface area contributed by atoms with E-state index in [1.165, 1.54) is 22.7 Å². The maximum atomic E-state index is 12.7. The Morgan fingerprint density at radius 3 is 2.12 bits per heavy atom. The largest absolute Gasteiger partial charge is 0.377 e. The average Bonchev–Trinajstić information content (AvgIpc) is 3.35. The van der Waals surface area contributed by atoms with Gasteiger partial charge in [0, 0.05) is 9.75 Å². The van der Waals surface area contributed by atoms with E-state index in [1.807, 2.05) is 72.3 Å². The van der Waals surface area contributed by atoms with Crippen molar-refractivity contribution >= 4 is 28.6 Å². The van der Waals surface area contributed by atoms with Crippen molar-refractivity contribution in [2.45, 2.75) is 24.9 Å². The van der Waals surface area contributed by atoms with Crippen LogP contribution in [0.5, 0.6) is 0 Å². The van der Waals surface area contributed by atoms with Crippen LogP contribution in [0.25, 0.3) is 0 Å². The second-order valence-electron chi connectivity index (χ2n) is 5.90. The third-order valence-corrected chi connectivity index (χ3v) is 6.34. The van der Waals surface area contributed by atoms with Crippen LogP contribution in [0.15, 0.2) is 65.4 Å². The summed E-state index contributed by atoms with van der Waals surface area (Å²) in [5.41, 5.74) is -0.189. The smallest absolute Gasteiger partial charge is 0.227 e. The molecule has 0 saturated heterocycles. The average molecular weight is 372 g/mol. The van der Waals surface area contributed by atoms with Gasteiger partial charge in [-0.05, 0) is 34.9 Å². The molecule has 0 radical (unpaired) electrons. The van der Waals surface area contributed by atoms with Gasteiger partial charge in [-0.15, -0.1) is 22.7 Å². The molecule has 0 aliphatic rings. The predicted octanol–water partition coefficient (Wildman–Crippen LogP) is 4.36. The van der Waals surface area contributed by atoms with E-state index in [1.54, 1.807) is 0 Å². The van der Waals surface area contributed by atoms with Gasteiger partial charge in [0.2, 0.25) is 5.91 Å². The van der Waals surface area contributed by atoms with Crippen molar-refractivity contribution in [2.24, 2.45) is 0 Å². The predicted molar refractivity (Wildman–Crippen MR) is 104 cm³/mol. The first kappa shape index (κ1) is 17.9. The molecular formula is C20H21NO2S2. The summed E-state index contributed by atoms with van der Waals surface area (Å²) in [6.45, 7) is 2.16. The lowest BCUT2D eigenvalue weighted by molar-refractivity contribution is -0.123. The lowest BCUT2D eigenvalue weighted by atomic mass is 9.94. The number of rotatable bonds is 7. The number of hydrogen-bond acceptors (Lipinski definition) is 4. The van der Waals surface area contributed by atoms with Gasteiger partial charge in [-0.2, -0.15) is 0 Å². The van der Waals surface area contributed by atoms with Gasteiger partial charge in [0.1, 0.15) is 5.60 Å². The maximum Gasteiger partial charge on any atom is 0.227 e. The Bertz CT molecular complexity index is 748. The highest BCUT2D eigenvalue weighted by atomic mass is 32.1. The van der Waals surface area contributed by atoms with Crippen LogP contribution < -0.4 is 5.32 Å². The summed E-state index contributed by atoms with van der Waals surface area (Å²) in [5, 5.41) is 18.2. The minimum Gasteiger partial charge on any atom is -0.377 e. The van der Waals surface area contributed by atoms with Gasteiger partial charge in [-0.25, -0.2) is 0 Å². The number of nitrogens with one attached hydrogen (secondary N) is 1. The molecule has 0 aliphatic carbocycles.